The van der Waals surface area contributed by atoms with Gasteiger partial charge in [0, 0.05) is 16.2 Å². The molecule has 2 aliphatic carbocycles. The van der Waals surface area contributed by atoms with Gasteiger partial charge in [0.2, 0.25) is 10.0 Å². The number of halogens is 1. The van der Waals surface area contributed by atoms with Crippen LogP contribution in [0.1, 0.15) is 25.7 Å². The largest absolute Gasteiger partial charge is 0.399 e. The van der Waals surface area contributed by atoms with E-state index in [0.717, 1.165) is 25.7 Å². The number of nitrogens with one attached hydrogen (secondary N) is 1. The number of benzene rings is 1. The summed E-state index contributed by atoms with van der Waals surface area (Å²) in [7, 11) is -3.50. The van der Waals surface area contributed by atoms with Crippen molar-refractivity contribution in [1.29, 1.82) is 0 Å². The molecule has 4 nitrogen and oxygen atoms in total. The van der Waals surface area contributed by atoms with E-state index in [1.165, 1.54) is 6.07 Å². The van der Waals surface area contributed by atoms with Gasteiger partial charge in [-0.1, -0.05) is 0 Å². The maximum absolute atomic E-state index is 12.5. The Kier molecular flexibility index (Phi) is 3.35. The van der Waals surface area contributed by atoms with Crippen LogP contribution in [0.2, 0.25) is 0 Å². The Morgan fingerprint density at radius 2 is 1.79 bits per heavy atom. The molecule has 2 saturated carbocycles. The van der Waals surface area contributed by atoms with Crippen molar-refractivity contribution in [3.05, 3.63) is 22.7 Å². The molecule has 1 aromatic carbocycles. The van der Waals surface area contributed by atoms with Crippen LogP contribution < -0.4 is 10.5 Å². The van der Waals surface area contributed by atoms with Crippen molar-refractivity contribution < 1.29 is 8.42 Å². The van der Waals surface area contributed by atoms with E-state index >= 15 is 0 Å². The summed E-state index contributed by atoms with van der Waals surface area (Å²) in [6.07, 6.45) is 4.56. The number of anilines is 1. The number of nitrogen functional groups attached to an aromatic ring is 1. The van der Waals surface area contributed by atoms with Gasteiger partial charge in [-0.2, -0.15) is 0 Å². The van der Waals surface area contributed by atoms with Crippen LogP contribution in [0.25, 0.3) is 0 Å². The molecular formula is C13H17BrN2O2S. The zero-order valence-electron chi connectivity index (χ0n) is 10.5. The van der Waals surface area contributed by atoms with E-state index in [4.69, 9.17) is 5.73 Å². The molecule has 0 amide bonds. The Morgan fingerprint density at radius 1 is 1.21 bits per heavy atom. The average Bonchev–Trinajstić information content (AvgIpc) is 3.22. The molecule has 0 bridgehead atoms. The first-order valence-electron chi connectivity index (χ1n) is 6.55. The van der Waals surface area contributed by atoms with Gasteiger partial charge in [-0.25, -0.2) is 13.1 Å². The van der Waals surface area contributed by atoms with Crippen molar-refractivity contribution in [2.75, 3.05) is 5.73 Å². The normalized spacial score (nSPS) is 19.9. The molecule has 3 rings (SSSR count). The molecular weight excluding hydrogens is 328 g/mol. The fourth-order valence-corrected chi connectivity index (χ4v) is 4.83. The van der Waals surface area contributed by atoms with Crippen molar-refractivity contribution in [2.45, 2.75) is 36.6 Å². The van der Waals surface area contributed by atoms with Crippen LogP contribution in [0.4, 0.5) is 5.69 Å². The van der Waals surface area contributed by atoms with Crippen molar-refractivity contribution in [1.82, 2.24) is 4.72 Å². The Hall–Kier alpha value is -0.590. The fourth-order valence-electron chi connectivity index (χ4n) is 2.46. The molecule has 0 aliphatic heterocycles. The maximum atomic E-state index is 12.5. The minimum Gasteiger partial charge on any atom is -0.399 e. The first kappa shape index (κ1) is 13.4. The number of hydrogen-bond acceptors (Lipinski definition) is 3. The van der Waals surface area contributed by atoms with Crippen molar-refractivity contribution >= 4 is 31.6 Å². The maximum Gasteiger partial charge on any atom is 0.242 e. The lowest BCUT2D eigenvalue weighted by Crippen LogP contribution is -2.38. The zero-order chi connectivity index (χ0) is 13.6. The summed E-state index contributed by atoms with van der Waals surface area (Å²) in [4.78, 5) is 0.235. The molecule has 0 radical (unpaired) electrons. The van der Waals surface area contributed by atoms with E-state index in [-0.39, 0.29) is 10.9 Å². The second kappa shape index (κ2) is 4.75. The second-order valence-electron chi connectivity index (χ2n) is 5.51. The second-order valence-corrected chi connectivity index (χ2v) is 8.05. The highest BCUT2D eigenvalue weighted by atomic mass is 79.9. The molecule has 0 atom stereocenters. The quantitative estimate of drug-likeness (QED) is 0.806. The zero-order valence-corrected chi connectivity index (χ0v) is 12.9. The molecule has 104 valence electrons. The molecule has 0 heterocycles. The fraction of sp³-hybridized carbons (Fsp3) is 0.538. The number of rotatable bonds is 5. The monoisotopic (exact) mass is 344 g/mol. The summed E-state index contributed by atoms with van der Waals surface area (Å²) in [6, 6.07) is 4.97. The Morgan fingerprint density at radius 3 is 2.32 bits per heavy atom. The van der Waals surface area contributed by atoms with Crippen LogP contribution >= 0.6 is 15.9 Å². The Labute approximate surface area is 121 Å². The van der Waals surface area contributed by atoms with E-state index in [1.54, 1.807) is 12.1 Å². The van der Waals surface area contributed by atoms with Gasteiger partial charge < -0.3 is 5.73 Å². The molecule has 19 heavy (non-hydrogen) atoms. The van der Waals surface area contributed by atoms with E-state index in [1.807, 2.05) is 0 Å². The summed E-state index contributed by atoms with van der Waals surface area (Å²) in [5.74, 6) is 1.06. The van der Waals surface area contributed by atoms with Gasteiger partial charge in [0.25, 0.3) is 0 Å². The highest BCUT2D eigenvalue weighted by Gasteiger charge is 2.43. The van der Waals surface area contributed by atoms with Crippen LogP contribution in [0, 0.1) is 11.8 Å². The minimum absolute atomic E-state index is 0.110. The highest BCUT2D eigenvalue weighted by Crippen LogP contribution is 2.45. The number of nitrogens with two attached hydrogens (primary N) is 1. The summed E-state index contributed by atoms with van der Waals surface area (Å²) in [6.45, 7) is 0. The molecule has 3 N–H and O–H groups in total. The molecule has 2 aliphatic rings. The number of sulfonamides is 1. The van der Waals surface area contributed by atoms with Gasteiger partial charge >= 0.3 is 0 Å². The van der Waals surface area contributed by atoms with Crippen LogP contribution in [0.15, 0.2) is 27.6 Å². The predicted octanol–water partition coefficient (Wildman–Crippen LogP) is 2.50. The standard InChI is InChI=1S/C13H17BrN2O2S/c14-11-6-5-10(15)7-12(11)19(17,18)16-13(8-1-2-8)9-3-4-9/h5-9,13,16H,1-4,15H2. The number of hydrogen-bond donors (Lipinski definition) is 2. The van der Waals surface area contributed by atoms with E-state index in [0.29, 0.717) is 22.0 Å². The van der Waals surface area contributed by atoms with Gasteiger partial charge in [0.15, 0.2) is 0 Å². The lowest BCUT2D eigenvalue weighted by molar-refractivity contribution is 0.471. The molecule has 2 fully saturated rings. The van der Waals surface area contributed by atoms with Crippen molar-refractivity contribution in [3.63, 3.8) is 0 Å². The summed E-state index contributed by atoms with van der Waals surface area (Å²) >= 11 is 3.29. The average molecular weight is 345 g/mol. The lowest BCUT2D eigenvalue weighted by Gasteiger charge is -2.18. The van der Waals surface area contributed by atoms with Gasteiger partial charge in [0.1, 0.15) is 0 Å². The van der Waals surface area contributed by atoms with Crippen LogP contribution in [0.5, 0.6) is 0 Å². The van der Waals surface area contributed by atoms with Gasteiger partial charge in [-0.05, 0) is 71.6 Å². The first-order chi connectivity index (χ1) is 8.97. The predicted molar refractivity (Wildman–Crippen MR) is 78.1 cm³/mol. The van der Waals surface area contributed by atoms with Crippen LogP contribution in [0.3, 0.4) is 0 Å². The molecule has 1 aromatic rings. The summed E-state index contributed by atoms with van der Waals surface area (Å²) < 4.78 is 28.4. The highest BCUT2D eigenvalue weighted by molar-refractivity contribution is 9.10. The lowest BCUT2D eigenvalue weighted by atomic mass is 10.1. The third-order valence-corrected chi connectivity index (χ3v) is 6.25. The van der Waals surface area contributed by atoms with Crippen LogP contribution in [-0.2, 0) is 10.0 Å². The third kappa shape index (κ3) is 2.95. The molecule has 6 heteroatoms. The molecule has 0 spiro atoms. The van der Waals surface area contributed by atoms with Gasteiger partial charge in [-0.15, -0.1) is 0 Å². The topological polar surface area (TPSA) is 72.2 Å². The van der Waals surface area contributed by atoms with E-state index in [9.17, 15) is 8.42 Å². The van der Waals surface area contributed by atoms with Gasteiger partial charge in [0.05, 0.1) is 4.90 Å². The smallest absolute Gasteiger partial charge is 0.242 e. The van der Waals surface area contributed by atoms with Crippen molar-refractivity contribution in [2.24, 2.45) is 11.8 Å². The Bertz CT molecular complexity index is 583. The molecule has 0 unspecified atom stereocenters. The van der Waals surface area contributed by atoms with E-state index < -0.39 is 10.0 Å². The Balaban J connectivity index is 1.87. The molecule has 0 saturated heterocycles. The minimum atomic E-state index is -3.50. The SMILES string of the molecule is Nc1ccc(Br)c(S(=O)(=O)NC(C2CC2)C2CC2)c1. The van der Waals surface area contributed by atoms with Crippen LogP contribution in [-0.4, -0.2) is 14.5 Å². The van der Waals surface area contributed by atoms with E-state index in [2.05, 4.69) is 20.7 Å². The third-order valence-electron chi connectivity index (χ3n) is 3.80. The molecule has 0 aromatic heterocycles. The van der Waals surface area contributed by atoms with Gasteiger partial charge in [-0.3, -0.25) is 0 Å². The van der Waals surface area contributed by atoms with Crippen molar-refractivity contribution in [3.8, 4) is 0 Å². The first-order valence-corrected chi connectivity index (χ1v) is 8.82. The summed E-state index contributed by atoms with van der Waals surface area (Å²) in [5.41, 5.74) is 6.14. The summed E-state index contributed by atoms with van der Waals surface area (Å²) in [5, 5.41) is 0.